The third-order valence-corrected chi connectivity index (χ3v) is 3.57. The number of piperidine rings is 1. The first kappa shape index (κ1) is 14.8. The van der Waals surface area contributed by atoms with Gasteiger partial charge in [0.25, 0.3) is 0 Å². The van der Waals surface area contributed by atoms with E-state index >= 15 is 0 Å². The lowest BCUT2D eigenvalue weighted by molar-refractivity contribution is 0.0329. The van der Waals surface area contributed by atoms with E-state index in [0.29, 0.717) is 11.7 Å². The quantitative estimate of drug-likeness (QED) is 0.782. The average Bonchev–Trinajstić information content (AvgIpc) is 2.49. The summed E-state index contributed by atoms with van der Waals surface area (Å²) in [6.45, 7) is 5.75. The van der Waals surface area contributed by atoms with Crippen molar-refractivity contribution in [2.45, 2.75) is 32.3 Å². The predicted molar refractivity (Wildman–Crippen MR) is 80.8 cm³/mol. The highest BCUT2D eigenvalue weighted by molar-refractivity contribution is 5.58. The van der Waals surface area contributed by atoms with Crippen LogP contribution >= 0.6 is 0 Å². The Balaban J connectivity index is 1.67. The Labute approximate surface area is 121 Å². The van der Waals surface area contributed by atoms with E-state index in [4.69, 9.17) is 10.00 Å². The molecule has 1 fully saturated rings. The van der Waals surface area contributed by atoms with Gasteiger partial charge in [-0.1, -0.05) is 6.07 Å². The molecule has 0 bridgehead atoms. The largest absolute Gasteiger partial charge is 0.384 e. The van der Waals surface area contributed by atoms with Gasteiger partial charge in [-0.25, -0.2) is 0 Å². The van der Waals surface area contributed by atoms with Gasteiger partial charge in [0.2, 0.25) is 0 Å². The molecule has 1 aromatic carbocycles. The molecule has 2 rings (SSSR count). The van der Waals surface area contributed by atoms with Gasteiger partial charge in [0.15, 0.2) is 0 Å². The summed E-state index contributed by atoms with van der Waals surface area (Å²) in [5.74, 6) is 0. The van der Waals surface area contributed by atoms with Gasteiger partial charge in [-0.15, -0.1) is 0 Å². The van der Waals surface area contributed by atoms with Crippen LogP contribution in [-0.2, 0) is 4.74 Å². The van der Waals surface area contributed by atoms with Crippen molar-refractivity contribution < 1.29 is 4.74 Å². The summed E-state index contributed by atoms with van der Waals surface area (Å²) < 4.78 is 5.85. The molecule has 0 saturated carbocycles. The topological polar surface area (TPSA) is 57.1 Å². The van der Waals surface area contributed by atoms with Gasteiger partial charge in [-0.05, 0) is 57.0 Å². The van der Waals surface area contributed by atoms with E-state index in [1.54, 1.807) is 0 Å². The molecule has 0 radical (unpaired) electrons. The van der Waals surface area contributed by atoms with Crippen LogP contribution < -0.4 is 10.6 Å². The Kier molecular flexibility index (Phi) is 5.85. The molecule has 4 heteroatoms. The van der Waals surface area contributed by atoms with Crippen molar-refractivity contribution in [2.24, 2.45) is 0 Å². The van der Waals surface area contributed by atoms with Crippen LogP contribution in [0.1, 0.15) is 30.4 Å². The molecule has 1 aliphatic rings. The van der Waals surface area contributed by atoms with Crippen molar-refractivity contribution in [3.05, 3.63) is 29.3 Å². The van der Waals surface area contributed by atoms with Gasteiger partial charge >= 0.3 is 0 Å². The molecule has 2 N–H and O–H groups in total. The zero-order valence-corrected chi connectivity index (χ0v) is 12.1. The van der Waals surface area contributed by atoms with Gasteiger partial charge < -0.3 is 15.4 Å². The van der Waals surface area contributed by atoms with E-state index in [0.717, 1.165) is 56.8 Å². The van der Waals surface area contributed by atoms with Crippen molar-refractivity contribution in [3.8, 4) is 6.07 Å². The summed E-state index contributed by atoms with van der Waals surface area (Å²) in [6.07, 6.45) is 3.61. The van der Waals surface area contributed by atoms with E-state index in [9.17, 15) is 0 Å². The minimum atomic E-state index is 0.422. The lowest BCUT2D eigenvalue weighted by Crippen LogP contribution is -2.32. The molecular weight excluding hydrogens is 250 g/mol. The Bertz CT molecular complexity index is 461. The number of hydrogen-bond acceptors (Lipinski definition) is 4. The summed E-state index contributed by atoms with van der Waals surface area (Å²) in [7, 11) is 0. The zero-order valence-electron chi connectivity index (χ0n) is 12.1. The predicted octanol–water partition coefficient (Wildman–Crippen LogP) is 2.44. The Morgan fingerprint density at radius 1 is 1.40 bits per heavy atom. The van der Waals surface area contributed by atoms with Crippen LogP contribution in [0.15, 0.2) is 18.2 Å². The fourth-order valence-corrected chi connectivity index (χ4v) is 2.41. The van der Waals surface area contributed by atoms with Crippen LogP contribution in [0.5, 0.6) is 0 Å². The molecule has 1 aromatic rings. The van der Waals surface area contributed by atoms with Crippen LogP contribution in [0.3, 0.4) is 0 Å². The molecule has 0 aliphatic carbocycles. The standard InChI is InChI=1S/C16H23N3O/c1-13-3-4-16(14(11-13)12-17)19-7-2-10-20-15-5-8-18-9-6-15/h3-4,11,15,18-19H,2,5-10H2,1H3. The summed E-state index contributed by atoms with van der Waals surface area (Å²) in [5, 5.41) is 15.7. The van der Waals surface area contributed by atoms with E-state index < -0.39 is 0 Å². The van der Waals surface area contributed by atoms with E-state index in [1.165, 1.54) is 0 Å². The molecule has 0 spiro atoms. The van der Waals surface area contributed by atoms with Gasteiger partial charge in [-0.3, -0.25) is 0 Å². The van der Waals surface area contributed by atoms with Crippen molar-refractivity contribution in [1.82, 2.24) is 5.32 Å². The number of hydrogen-bond donors (Lipinski definition) is 2. The smallest absolute Gasteiger partial charge is 0.101 e. The van der Waals surface area contributed by atoms with E-state index in [-0.39, 0.29) is 0 Å². The molecule has 0 unspecified atom stereocenters. The zero-order chi connectivity index (χ0) is 14.2. The Morgan fingerprint density at radius 2 is 2.20 bits per heavy atom. The monoisotopic (exact) mass is 273 g/mol. The maximum atomic E-state index is 9.10. The van der Waals surface area contributed by atoms with Gasteiger partial charge in [0.1, 0.15) is 6.07 Å². The lowest BCUT2D eigenvalue weighted by Gasteiger charge is -2.23. The first-order chi connectivity index (χ1) is 9.79. The minimum absolute atomic E-state index is 0.422. The molecule has 1 aliphatic heterocycles. The number of nitrogens with zero attached hydrogens (tertiary/aromatic N) is 1. The van der Waals surface area contributed by atoms with Gasteiger partial charge in [0.05, 0.1) is 17.4 Å². The fraction of sp³-hybridized carbons (Fsp3) is 0.562. The summed E-state index contributed by atoms with van der Waals surface area (Å²) in [4.78, 5) is 0. The Morgan fingerprint density at radius 3 is 2.95 bits per heavy atom. The highest BCUT2D eigenvalue weighted by atomic mass is 16.5. The number of nitriles is 1. The first-order valence-corrected chi connectivity index (χ1v) is 7.36. The van der Waals surface area contributed by atoms with Gasteiger partial charge in [0, 0.05) is 13.2 Å². The third kappa shape index (κ3) is 4.52. The molecule has 20 heavy (non-hydrogen) atoms. The van der Waals surface area contributed by atoms with Crippen molar-refractivity contribution >= 4 is 5.69 Å². The molecule has 1 saturated heterocycles. The number of benzene rings is 1. The molecule has 108 valence electrons. The summed E-state index contributed by atoms with van der Waals surface area (Å²) in [5.41, 5.74) is 2.74. The molecule has 1 heterocycles. The molecular formula is C16H23N3O. The second-order valence-electron chi connectivity index (χ2n) is 5.26. The highest BCUT2D eigenvalue weighted by Crippen LogP contribution is 2.16. The minimum Gasteiger partial charge on any atom is -0.384 e. The molecule has 0 atom stereocenters. The third-order valence-electron chi connectivity index (χ3n) is 3.57. The van der Waals surface area contributed by atoms with E-state index in [2.05, 4.69) is 16.7 Å². The maximum Gasteiger partial charge on any atom is 0.101 e. The number of rotatable bonds is 6. The number of aryl methyl sites for hydroxylation is 1. The number of anilines is 1. The number of ether oxygens (including phenoxy) is 1. The fourth-order valence-electron chi connectivity index (χ4n) is 2.41. The Hall–Kier alpha value is -1.57. The first-order valence-electron chi connectivity index (χ1n) is 7.36. The van der Waals surface area contributed by atoms with Gasteiger partial charge in [-0.2, -0.15) is 5.26 Å². The molecule has 4 nitrogen and oxygen atoms in total. The SMILES string of the molecule is Cc1ccc(NCCCOC2CCNCC2)c(C#N)c1. The van der Waals surface area contributed by atoms with Crippen molar-refractivity contribution in [3.63, 3.8) is 0 Å². The van der Waals surface area contributed by atoms with Crippen molar-refractivity contribution in [1.29, 1.82) is 5.26 Å². The van der Waals surface area contributed by atoms with Crippen LogP contribution in [0.25, 0.3) is 0 Å². The second-order valence-corrected chi connectivity index (χ2v) is 5.26. The molecule has 0 aromatic heterocycles. The molecule has 0 amide bonds. The second kappa shape index (κ2) is 7.88. The van der Waals surface area contributed by atoms with Crippen molar-refractivity contribution in [2.75, 3.05) is 31.6 Å². The lowest BCUT2D eigenvalue weighted by atomic mass is 10.1. The maximum absolute atomic E-state index is 9.10. The van der Waals surface area contributed by atoms with Crippen LogP contribution in [-0.4, -0.2) is 32.3 Å². The highest BCUT2D eigenvalue weighted by Gasteiger charge is 2.12. The van der Waals surface area contributed by atoms with E-state index in [1.807, 2.05) is 25.1 Å². The van der Waals surface area contributed by atoms with Crippen LogP contribution in [0.2, 0.25) is 0 Å². The normalized spacial score (nSPS) is 15.8. The summed E-state index contributed by atoms with van der Waals surface area (Å²) in [6, 6.07) is 8.14. The van der Waals surface area contributed by atoms with Crippen LogP contribution in [0.4, 0.5) is 5.69 Å². The summed E-state index contributed by atoms with van der Waals surface area (Å²) >= 11 is 0. The average molecular weight is 273 g/mol. The van der Waals surface area contributed by atoms with Crippen LogP contribution in [0, 0.1) is 18.3 Å². The number of nitrogens with one attached hydrogen (secondary N) is 2.